The number of fused-ring (bicyclic) bond motifs is 3. The van der Waals surface area contributed by atoms with Crippen LogP contribution in [-0.2, 0) is 10.3 Å². The van der Waals surface area contributed by atoms with E-state index in [1.807, 2.05) is 10.7 Å². The van der Waals surface area contributed by atoms with Crippen molar-refractivity contribution in [1.82, 2.24) is 15.1 Å². The van der Waals surface area contributed by atoms with Crippen molar-refractivity contribution >= 4 is 29.1 Å². The summed E-state index contributed by atoms with van der Waals surface area (Å²) in [7, 11) is 0. The number of hydrogen-bond donors (Lipinski definition) is 2. The molecule has 10 heteroatoms. The minimum Gasteiger partial charge on any atom is -0.484 e. The monoisotopic (exact) mass is 521 g/mol. The van der Waals surface area contributed by atoms with Crippen molar-refractivity contribution in [3.63, 3.8) is 0 Å². The van der Waals surface area contributed by atoms with Crippen molar-refractivity contribution in [3.8, 4) is 17.0 Å². The first-order valence-corrected chi connectivity index (χ1v) is 12.0. The molecule has 2 bridgehead atoms. The molecular weight excluding hydrogens is 499 g/mol. The van der Waals surface area contributed by atoms with E-state index in [1.165, 1.54) is 24.3 Å². The van der Waals surface area contributed by atoms with Crippen LogP contribution in [0, 0.1) is 11.6 Å². The third-order valence-corrected chi connectivity index (χ3v) is 7.85. The van der Waals surface area contributed by atoms with Gasteiger partial charge < -0.3 is 15.2 Å². The Morgan fingerprint density at radius 1 is 1.09 bits per heavy atom. The highest BCUT2D eigenvalue weighted by Crippen LogP contribution is 2.52. The molecule has 1 aromatic heterocycles. The molecule has 3 aromatic rings. The van der Waals surface area contributed by atoms with Gasteiger partial charge in [0.1, 0.15) is 17.4 Å². The van der Waals surface area contributed by atoms with Crippen molar-refractivity contribution in [2.75, 3.05) is 6.61 Å². The van der Waals surface area contributed by atoms with Crippen molar-refractivity contribution in [1.29, 1.82) is 0 Å². The number of benzene rings is 2. The zero-order chi connectivity index (χ0) is 24.8. The number of aliphatic hydroxyl groups is 1. The fourth-order valence-electron chi connectivity index (χ4n) is 5.35. The number of aliphatic hydroxyl groups excluding tert-OH is 1. The molecule has 2 N–H and O–H groups in total. The summed E-state index contributed by atoms with van der Waals surface area (Å²) in [6.07, 6.45) is 3.70. The topological polar surface area (TPSA) is 76.4 Å². The van der Waals surface area contributed by atoms with Gasteiger partial charge in [-0.25, -0.2) is 8.78 Å². The second-order valence-electron chi connectivity index (χ2n) is 9.27. The van der Waals surface area contributed by atoms with E-state index in [-0.39, 0.29) is 22.4 Å². The zero-order valence-corrected chi connectivity index (χ0v) is 20.1. The van der Waals surface area contributed by atoms with E-state index >= 15 is 0 Å². The highest BCUT2D eigenvalue weighted by atomic mass is 35.5. The van der Waals surface area contributed by atoms with Crippen LogP contribution in [0.2, 0.25) is 10.0 Å². The SMILES string of the molecule is O=C(COc1ccc(Cl)c(F)c1)NC12CCC(n3nccc3-c3ccc(Cl)c(F)c3)(CC1)C[C@@H]2O. The molecule has 0 saturated heterocycles. The number of rotatable bonds is 6. The van der Waals surface area contributed by atoms with E-state index in [0.29, 0.717) is 37.7 Å². The second-order valence-corrected chi connectivity index (χ2v) is 10.1. The molecule has 3 aliphatic rings. The molecule has 0 radical (unpaired) electrons. The van der Waals surface area contributed by atoms with Crippen LogP contribution in [0.4, 0.5) is 8.78 Å². The number of amides is 1. The van der Waals surface area contributed by atoms with Gasteiger partial charge in [-0.3, -0.25) is 9.48 Å². The van der Waals surface area contributed by atoms with Crippen LogP contribution < -0.4 is 10.1 Å². The molecule has 184 valence electrons. The van der Waals surface area contributed by atoms with Gasteiger partial charge in [-0.05, 0) is 56.0 Å². The summed E-state index contributed by atoms with van der Waals surface area (Å²) in [5, 5.41) is 18.6. The van der Waals surface area contributed by atoms with Crippen LogP contribution in [0.15, 0.2) is 48.7 Å². The van der Waals surface area contributed by atoms with Gasteiger partial charge in [0.25, 0.3) is 5.91 Å². The molecule has 1 heterocycles. The van der Waals surface area contributed by atoms with Crippen molar-refractivity contribution in [3.05, 3.63) is 70.3 Å². The fraction of sp³-hybridized carbons (Fsp3) is 0.360. The molecule has 6 rings (SSSR count). The predicted octanol–water partition coefficient (Wildman–Crippen LogP) is 5.10. The second kappa shape index (κ2) is 9.08. The number of aromatic nitrogens is 2. The maximum atomic E-state index is 14.1. The average molecular weight is 522 g/mol. The summed E-state index contributed by atoms with van der Waals surface area (Å²) in [5.74, 6) is -1.35. The van der Waals surface area contributed by atoms with Crippen LogP contribution in [0.25, 0.3) is 11.3 Å². The molecule has 35 heavy (non-hydrogen) atoms. The third-order valence-electron chi connectivity index (χ3n) is 7.24. The lowest BCUT2D eigenvalue weighted by atomic mass is 9.59. The first kappa shape index (κ1) is 24.0. The van der Waals surface area contributed by atoms with E-state index in [0.717, 1.165) is 11.8 Å². The summed E-state index contributed by atoms with van der Waals surface area (Å²) < 4.78 is 35.0. The number of hydrogen-bond acceptors (Lipinski definition) is 4. The Morgan fingerprint density at radius 3 is 2.43 bits per heavy atom. The first-order valence-electron chi connectivity index (χ1n) is 11.3. The van der Waals surface area contributed by atoms with Crippen LogP contribution in [0.1, 0.15) is 32.1 Å². The number of nitrogens with one attached hydrogen (secondary N) is 1. The van der Waals surface area contributed by atoms with Gasteiger partial charge in [-0.1, -0.05) is 29.3 Å². The molecule has 0 spiro atoms. The Kier molecular flexibility index (Phi) is 6.23. The number of nitrogens with zero attached hydrogens (tertiary/aromatic N) is 2. The average Bonchev–Trinajstić information content (AvgIpc) is 3.34. The Labute approximate surface area is 210 Å². The molecule has 0 aliphatic heterocycles. The maximum absolute atomic E-state index is 14.1. The smallest absolute Gasteiger partial charge is 0.258 e. The lowest BCUT2D eigenvalue weighted by Crippen LogP contribution is -2.67. The number of carbonyl (C=O) groups is 1. The quantitative estimate of drug-likeness (QED) is 0.472. The minimum absolute atomic E-state index is 0.0294. The standard InChI is InChI=1S/C25H23Cl2F2N3O3/c26-17-3-1-15(11-19(17)28)21-5-10-30-32(21)24-6-8-25(9-7-24,22(33)13-24)31-23(34)14-35-16-2-4-18(27)20(29)12-16/h1-5,10-12,22,33H,6-9,13-14H2,(H,31,34)/t22-,24?,25?/m0/s1. The molecule has 3 saturated carbocycles. The lowest BCUT2D eigenvalue weighted by molar-refractivity contribution is -0.134. The molecule has 6 nitrogen and oxygen atoms in total. The summed E-state index contributed by atoms with van der Waals surface area (Å²) in [4.78, 5) is 12.6. The van der Waals surface area contributed by atoms with E-state index < -0.39 is 34.7 Å². The van der Waals surface area contributed by atoms with Gasteiger partial charge in [0.05, 0.1) is 32.9 Å². The van der Waals surface area contributed by atoms with Crippen molar-refractivity contribution in [2.45, 2.75) is 49.3 Å². The summed E-state index contributed by atoms with van der Waals surface area (Å²) in [6.45, 7) is -0.313. The summed E-state index contributed by atoms with van der Waals surface area (Å²) >= 11 is 11.5. The van der Waals surface area contributed by atoms with Crippen molar-refractivity contribution < 1.29 is 23.4 Å². The van der Waals surface area contributed by atoms with Gasteiger partial charge >= 0.3 is 0 Å². The van der Waals surface area contributed by atoms with Crippen LogP contribution in [0.5, 0.6) is 5.75 Å². The number of carbonyl (C=O) groups excluding carboxylic acids is 1. The van der Waals surface area contributed by atoms with E-state index in [9.17, 15) is 18.7 Å². The highest BCUT2D eigenvalue weighted by Gasteiger charge is 2.56. The van der Waals surface area contributed by atoms with Crippen molar-refractivity contribution in [2.24, 2.45) is 0 Å². The normalized spacial score (nSPS) is 25.5. The number of ether oxygens (including phenoxy) is 1. The Morgan fingerprint density at radius 2 is 1.77 bits per heavy atom. The fourth-order valence-corrected chi connectivity index (χ4v) is 5.58. The van der Waals surface area contributed by atoms with E-state index in [1.54, 1.807) is 12.3 Å². The third kappa shape index (κ3) is 4.39. The Bertz CT molecular complexity index is 1270. The first-order chi connectivity index (χ1) is 16.7. The zero-order valence-electron chi connectivity index (χ0n) is 18.6. The van der Waals surface area contributed by atoms with Crippen LogP contribution in [0.3, 0.4) is 0 Å². The van der Waals surface area contributed by atoms with Gasteiger partial charge in [0.15, 0.2) is 6.61 Å². The highest BCUT2D eigenvalue weighted by molar-refractivity contribution is 6.31. The van der Waals surface area contributed by atoms with Crippen LogP contribution >= 0.6 is 23.2 Å². The molecule has 1 amide bonds. The van der Waals surface area contributed by atoms with Gasteiger partial charge in [-0.15, -0.1) is 0 Å². The summed E-state index contributed by atoms with van der Waals surface area (Å²) in [5.41, 5.74) is 0.181. The molecular formula is C25H23Cl2F2N3O3. The molecule has 2 aromatic carbocycles. The van der Waals surface area contributed by atoms with E-state index in [2.05, 4.69) is 10.4 Å². The molecule has 3 fully saturated rings. The van der Waals surface area contributed by atoms with Gasteiger partial charge in [0.2, 0.25) is 0 Å². The van der Waals surface area contributed by atoms with Crippen LogP contribution in [-0.4, -0.2) is 39.0 Å². The Balaban J connectivity index is 1.28. The maximum Gasteiger partial charge on any atom is 0.258 e. The summed E-state index contributed by atoms with van der Waals surface area (Å²) in [6, 6.07) is 10.4. The van der Waals surface area contributed by atoms with Gasteiger partial charge in [-0.2, -0.15) is 5.10 Å². The lowest BCUT2D eigenvalue weighted by Gasteiger charge is -2.56. The van der Waals surface area contributed by atoms with Gasteiger partial charge in [0, 0.05) is 24.2 Å². The molecule has 0 unspecified atom stereocenters. The Hall–Kier alpha value is -2.68. The molecule has 1 atom stereocenters. The van der Waals surface area contributed by atoms with E-state index in [4.69, 9.17) is 27.9 Å². The predicted molar refractivity (Wildman–Crippen MR) is 127 cm³/mol. The number of halogens is 4. The largest absolute Gasteiger partial charge is 0.484 e. The minimum atomic E-state index is -0.805. The molecule has 3 aliphatic carbocycles.